The van der Waals surface area contributed by atoms with E-state index in [0.29, 0.717) is 18.2 Å². The first-order valence-corrected chi connectivity index (χ1v) is 10.5. The third kappa shape index (κ3) is 4.82. The van der Waals surface area contributed by atoms with E-state index in [2.05, 4.69) is 26.3 Å². The molecule has 1 fully saturated rings. The lowest BCUT2D eigenvalue weighted by Gasteiger charge is -2.36. The molecule has 3 heterocycles. The predicted octanol–water partition coefficient (Wildman–Crippen LogP) is 4.53. The van der Waals surface area contributed by atoms with E-state index in [0.717, 1.165) is 48.3 Å². The molecule has 1 aromatic carbocycles. The second-order valence-corrected chi connectivity index (χ2v) is 7.84. The van der Waals surface area contributed by atoms with E-state index < -0.39 is 0 Å². The lowest BCUT2D eigenvalue weighted by atomic mass is 9.95. The van der Waals surface area contributed by atoms with E-state index in [4.69, 9.17) is 0 Å². The third-order valence-electron chi connectivity index (χ3n) is 5.41. The number of hydrogen-bond donors (Lipinski definition) is 1. The molecule has 30 heavy (non-hydrogen) atoms. The van der Waals surface area contributed by atoms with E-state index in [1.165, 1.54) is 0 Å². The normalized spacial score (nSPS) is 16.3. The molecule has 1 amide bonds. The number of benzene rings is 1. The van der Waals surface area contributed by atoms with Crippen molar-refractivity contribution in [3.05, 3.63) is 77.2 Å². The van der Waals surface area contributed by atoms with Crippen LogP contribution in [0.2, 0.25) is 0 Å². The molecule has 1 aliphatic rings. The van der Waals surface area contributed by atoms with Crippen LogP contribution >= 0.6 is 0 Å². The Morgan fingerprint density at radius 2 is 1.83 bits per heavy atom. The summed E-state index contributed by atoms with van der Waals surface area (Å²) in [6.45, 7) is 4.69. The second-order valence-electron chi connectivity index (χ2n) is 7.84. The number of aromatic nitrogens is 3. The van der Waals surface area contributed by atoms with Crippen LogP contribution in [0.25, 0.3) is 0 Å². The third-order valence-corrected chi connectivity index (χ3v) is 5.41. The number of carbonyl (C=O) groups excluding carboxylic acids is 1. The standard InChI is InChI=1S/C24H27N5O/c1-17-14-18(2)27-24(26-17)28-22-12-11-20(16-25-22)21-10-6-7-13-29(21)23(30)15-19-8-4-3-5-9-19/h3-5,8-9,11-12,14,16,21H,6-7,10,13,15H2,1-2H3,(H,25,26,27,28). The molecule has 0 radical (unpaired) electrons. The number of piperidine rings is 1. The minimum absolute atomic E-state index is 0.0778. The van der Waals surface area contributed by atoms with Crippen LogP contribution in [-0.2, 0) is 11.2 Å². The first kappa shape index (κ1) is 20.0. The Labute approximate surface area is 177 Å². The summed E-state index contributed by atoms with van der Waals surface area (Å²) in [6.07, 6.45) is 5.44. The molecule has 1 N–H and O–H groups in total. The van der Waals surface area contributed by atoms with Crippen LogP contribution in [0, 0.1) is 13.8 Å². The van der Waals surface area contributed by atoms with Crippen LogP contribution in [0.4, 0.5) is 11.8 Å². The largest absolute Gasteiger partial charge is 0.335 e. The van der Waals surface area contributed by atoms with Gasteiger partial charge in [0.05, 0.1) is 12.5 Å². The number of likely N-dealkylation sites (tertiary alicyclic amines) is 1. The van der Waals surface area contributed by atoms with Crippen LogP contribution < -0.4 is 5.32 Å². The molecule has 2 aromatic heterocycles. The monoisotopic (exact) mass is 401 g/mol. The highest BCUT2D eigenvalue weighted by atomic mass is 16.2. The van der Waals surface area contributed by atoms with E-state index >= 15 is 0 Å². The zero-order valence-corrected chi connectivity index (χ0v) is 17.5. The molecule has 1 atom stereocenters. The van der Waals surface area contributed by atoms with Crippen molar-refractivity contribution in [2.45, 2.75) is 45.6 Å². The average Bonchev–Trinajstić information content (AvgIpc) is 2.74. The molecule has 0 spiro atoms. The first-order chi connectivity index (χ1) is 14.6. The molecular weight excluding hydrogens is 374 g/mol. The molecule has 6 nitrogen and oxygen atoms in total. The van der Waals surface area contributed by atoms with Gasteiger partial charge in [0.2, 0.25) is 11.9 Å². The maximum Gasteiger partial charge on any atom is 0.228 e. The summed E-state index contributed by atoms with van der Waals surface area (Å²) in [5.41, 5.74) is 3.95. The van der Waals surface area contributed by atoms with Gasteiger partial charge in [-0.2, -0.15) is 0 Å². The molecule has 0 aliphatic carbocycles. The van der Waals surface area contributed by atoms with Gasteiger partial charge in [-0.3, -0.25) is 4.79 Å². The highest BCUT2D eigenvalue weighted by molar-refractivity contribution is 5.79. The van der Waals surface area contributed by atoms with Gasteiger partial charge in [0, 0.05) is 24.1 Å². The summed E-state index contributed by atoms with van der Waals surface area (Å²) in [5, 5.41) is 3.17. The van der Waals surface area contributed by atoms with E-state index in [9.17, 15) is 4.79 Å². The van der Waals surface area contributed by atoms with Crippen molar-refractivity contribution in [3.63, 3.8) is 0 Å². The number of hydrogen-bond acceptors (Lipinski definition) is 5. The lowest BCUT2D eigenvalue weighted by molar-refractivity contribution is -0.134. The Hall–Kier alpha value is -3.28. The molecule has 1 unspecified atom stereocenters. The van der Waals surface area contributed by atoms with E-state index in [1.54, 1.807) is 0 Å². The molecule has 154 valence electrons. The van der Waals surface area contributed by atoms with Crippen LogP contribution in [0.15, 0.2) is 54.7 Å². The van der Waals surface area contributed by atoms with Crippen LogP contribution in [-0.4, -0.2) is 32.3 Å². The maximum atomic E-state index is 13.0. The van der Waals surface area contributed by atoms with Crippen molar-refractivity contribution < 1.29 is 4.79 Å². The fourth-order valence-corrected chi connectivity index (χ4v) is 4.02. The van der Waals surface area contributed by atoms with Crippen LogP contribution in [0.5, 0.6) is 0 Å². The molecule has 6 heteroatoms. The van der Waals surface area contributed by atoms with Gasteiger partial charge in [-0.05, 0) is 56.4 Å². The summed E-state index contributed by atoms with van der Waals surface area (Å²) in [4.78, 5) is 28.4. The molecule has 4 rings (SSSR count). The average molecular weight is 402 g/mol. The van der Waals surface area contributed by atoms with Crippen molar-refractivity contribution in [1.29, 1.82) is 0 Å². The van der Waals surface area contributed by atoms with Crippen molar-refractivity contribution in [3.8, 4) is 0 Å². The summed E-state index contributed by atoms with van der Waals surface area (Å²) < 4.78 is 0. The van der Waals surface area contributed by atoms with Crippen molar-refractivity contribution in [2.24, 2.45) is 0 Å². The number of aryl methyl sites for hydroxylation is 2. The fraction of sp³-hybridized carbons (Fsp3) is 0.333. The Bertz CT molecular complexity index is 984. The highest BCUT2D eigenvalue weighted by Crippen LogP contribution is 2.31. The number of nitrogens with zero attached hydrogens (tertiary/aromatic N) is 4. The van der Waals surface area contributed by atoms with Gasteiger partial charge in [0.15, 0.2) is 0 Å². The number of carbonyl (C=O) groups is 1. The van der Waals surface area contributed by atoms with E-state index in [-0.39, 0.29) is 11.9 Å². The number of rotatable bonds is 5. The van der Waals surface area contributed by atoms with Crippen molar-refractivity contribution in [2.75, 3.05) is 11.9 Å². The molecular formula is C24H27N5O. The molecule has 0 bridgehead atoms. The SMILES string of the molecule is Cc1cc(C)nc(Nc2ccc(C3CCCCN3C(=O)Cc3ccccc3)cn2)n1. The molecule has 1 saturated heterocycles. The van der Waals surface area contributed by atoms with E-state index in [1.807, 2.05) is 67.4 Å². The second kappa shape index (κ2) is 9.03. The molecule has 0 saturated carbocycles. The molecule has 1 aliphatic heterocycles. The van der Waals surface area contributed by atoms with Crippen LogP contribution in [0.3, 0.4) is 0 Å². The van der Waals surface area contributed by atoms with Gasteiger partial charge in [-0.1, -0.05) is 36.4 Å². The number of pyridine rings is 1. The predicted molar refractivity (Wildman–Crippen MR) is 117 cm³/mol. The minimum atomic E-state index is 0.0778. The van der Waals surface area contributed by atoms with Gasteiger partial charge < -0.3 is 10.2 Å². The quantitative estimate of drug-likeness (QED) is 0.680. The first-order valence-electron chi connectivity index (χ1n) is 10.5. The Balaban J connectivity index is 1.48. The smallest absolute Gasteiger partial charge is 0.228 e. The van der Waals surface area contributed by atoms with Crippen molar-refractivity contribution in [1.82, 2.24) is 19.9 Å². The van der Waals surface area contributed by atoms with Crippen molar-refractivity contribution >= 4 is 17.7 Å². The topological polar surface area (TPSA) is 71.0 Å². The lowest BCUT2D eigenvalue weighted by Crippen LogP contribution is -2.39. The number of anilines is 2. The Kier molecular flexibility index (Phi) is 6.02. The highest BCUT2D eigenvalue weighted by Gasteiger charge is 2.28. The van der Waals surface area contributed by atoms with Gasteiger partial charge in [-0.25, -0.2) is 15.0 Å². The van der Waals surface area contributed by atoms with Gasteiger partial charge >= 0.3 is 0 Å². The Morgan fingerprint density at radius 1 is 1.07 bits per heavy atom. The van der Waals surface area contributed by atoms with Gasteiger partial charge in [0.1, 0.15) is 5.82 Å². The summed E-state index contributed by atoms with van der Waals surface area (Å²) in [7, 11) is 0. The minimum Gasteiger partial charge on any atom is -0.335 e. The number of amides is 1. The maximum absolute atomic E-state index is 13.0. The van der Waals surface area contributed by atoms with Gasteiger partial charge in [0.25, 0.3) is 0 Å². The zero-order valence-electron chi connectivity index (χ0n) is 17.5. The summed E-state index contributed by atoms with van der Waals surface area (Å²) >= 11 is 0. The summed E-state index contributed by atoms with van der Waals surface area (Å²) in [5.74, 6) is 1.42. The van der Waals surface area contributed by atoms with Crippen LogP contribution in [0.1, 0.15) is 47.8 Å². The Morgan fingerprint density at radius 3 is 2.53 bits per heavy atom. The fourth-order valence-electron chi connectivity index (χ4n) is 4.02. The zero-order chi connectivity index (χ0) is 20.9. The summed E-state index contributed by atoms with van der Waals surface area (Å²) in [6, 6.07) is 15.9. The number of nitrogens with one attached hydrogen (secondary N) is 1. The van der Waals surface area contributed by atoms with Gasteiger partial charge in [-0.15, -0.1) is 0 Å². The molecule has 3 aromatic rings.